The molecule has 26 heavy (non-hydrogen) atoms. The quantitative estimate of drug-likeness (QED) is 0.510. The molecule has 0 aliphatic heterocycles. The highest BCUT2D eigenvalue weighted by molar-refractivity contribution is 9.10. The van der Waals surface area contributed by atoms with Gasteiger partial charge in [0.15, 0.2) is 0 Å². The molecule has 0 fully saturated rings. The van der Waals surface area contributed by atoms with Crippen LogP contribution in [0.2, 0.25) is 0 Å². The minimum atomic E-state index is -0.294. The Hall–Kier alpha value is -1.62. The Labute approximate surface area is 166 Å². The minimum absolute atomic E-state index is 0.0796. The summed E-state index contributed by atoms with van der Waals surface area (Å²) in [5, 5.41) is 3.01. The largest absolute Gasteiger partial charge is 0.368 e. The maximum atomic E-state index is 12.6. The van der Waals surface area contributed by atoms with Crippen LogP contribution in [0.3, 0.4) is 0 Å². The van der Waals surface area contributed by atoms with Crippen LogP contribution in [0.4, 0.5) is 0 Å². The van der Waals surface area contributed by atoms with Gasteiger partial charge in [-0.1, -0.05) is 19.1 Å². The number of nitrogens with one attached hydrogen (secondary N) is 1. The molecule has 0 unspecified atom stereocenters. The van der Waals surface area contributed by atoms with E-state index in [-0.39, 0.29) is 17.0 Å². The second-order valence-corrected chi connectivity index (χ2v) is 9.20. The molecule has 4 nitrogen and oxygen atoms in total. The molecule has 0 atom stereocenters. The zero-order valence-electron chi connectivity index (χ0n) is 17.3. The molecule has 0 saturated carbocycles. The number of carbonyl (C=O) groups is 1. The van der Waals surface area contributed by atoms with Crippen LogP contribution >= 0.6 is 15.9 Å². The fraction of sp³-hybridized carbons (Fsp3) is 0.524. The predicted molar refractivity (Wildman–Crippen MR) is 114 cm³/mol. The lowest BCUT2D eigenvalue weighted by atomic mass is 10.0. The van der Waals surface area contributed by atoms with Gasteiger partial charge in [-0.3, -0.25) is 4.79 Å². The van der Waals surface area contributed by atoms with Crippen molar-refractivity contribution < 1.29 is 4.79 Å². The summed E-state index contributed by atoms with van der Waals surface area (Å²) in [6, 6.07) is 3.60. The van der Waals surface area contributed by atoms with Crippen molar-refractivity contribution in [3.8, 4) is 0 Å². The summed E-state index contributed by atoms with van der Waals surface area (Å²) >= 11 is 3.46. The van der Waals surface area contributed by atoms with Crippen LogP contribution in [0.25, 0.3) is 5.70 Å². The van der Waals surface area contributed by atoms with E-state index in [2.05, 4.69) is 71.0 Å². The van der Waals surface area contributed by atoms with Crippen molar-refractivity contribution in [2.45, 2.75) is 66.0 Å². The van der Waals surface area contributed by atoms with Crippen molar-refractivity contribution in [2.24, 2.45) is 0 Å². The van der Waals surface area contributed by atoms with Crippen molar-refractivity contribution >= 4 is 27.5 Å². The van der Waals surface area contributed by atoms with Gasteiger partial charge in [0.05, 0.1) is 11.4 Å². The molecule has 144 valence electrons. The Morgan fingerprint density at radius 3 is 2.35 bits per heavy atom. The molecule has 1 amide bonds. The molecule has 0 aromatic carbocycles. The maximum absolute atomic E-state index is 12.6. The number of hydrogen-bond donors (Lipinski definition) is 1. The first-order chi connectivity index (χ1) is 11.8. The first kappa shape index (κ1) is 22.4. The number of nitrogens with zero attached hydrogens (tertiary/aromatic N) is 2. The van der Waals surface area contributed by atoms with E-state index < -0.39 is 0 Å². The van der Waals surface area contributed by atoms with Gasteiger partial charge in [0.1, 0.15) is 4.60 Å². The van der Waals surface area contributed by atoms with Crippen LogP contribution < -0.4 is 5.32 Å². The van der Waals surface area contributed by atoms with Gasteiger partial charge < -0.3 is 10.2 Å². The van der Waals surface area contributed by atoms with Crippen LogP contribution in [-0.2, 0) is 0 Å². The lowest BCUT2D eigenvalue weighted by Crippen LogP contribution is -2.40. The number of hydrogen-bond acceptors (Lipinski definition) is 3. The van der Waals surface area contributed by atoms with E-state index in [1.165, 1.54) is 0 Å². The van der Waals surface area contributed by atoms with Crippen molar-refractivity contribution in [3.63, 3.8) is 0 Å². The SMILES string of the molecule is CC/C=C/C=C(/c1cc(C(=O)NC(C)(C)C)cc(Br)n1)N(C)C(C)(C)C. The number of aromatic nitrogens is 1. The van der Waals surface area contributed by atoms with Crippen molar-refractivity contribution in [1.29, 1.82) is 0 Å². The van der Waals surface area contributed by atoms with Crippen molar-refractivity contribution in [3.05, 3.63) is 46.2 Å². The average Bonchev–Trinajstić information content (AvgIpc) is 2.47. The van der Waals surface area contributed by atoms with Gasteiger partial charge in [-0.2, -0.15) is 0 Å². The summed E-state index contributed by atoms with van der Waals surface area (Å²) in [6.07, 6.45) is 7.15. The summed E-state index contributed by atoms with van der Waals surface area (Å²) in [7, 11) is 2.04. The van der Waals surface area contributed by atoms with E-state index in [4.69, 9.17) is 0 Å². The first-order valence-electron chi connectivity index (χ1n) is 8.96. The molecule has 1 rings (SSSR count). The molecule has 1 heterocycles. The second kappa shape index (κ2) is 8.85. The molecule has 0 aliphatic carbocycles. The molecule has 1 aromatic rings. The monoisotopic (exact) mass is 421 g/mol. The van der Waals surface area contributed by atoms with Crippen LogP contribution in [0.5, 0.6) is 0 Å². The zero-order valence-corrected chi connectivity index (χ0v) is 18.9. The van der Waals surface area contributed by atoms with Crippen LogP contribution in [-0.4, -0.2) is 33.9 Å². The van der Waals surface area contributed by atoms with E-state index in [0.717, 1.165) is 17.8 Å². The van der Waals surface area contributed by atoms with Gasteiger partial charge in [-0.25, -0.2) is 4.98 Å². The number of rotatable bonds is 5. The molecular formula is C21H32BrN3O. The third kappa shape index (κ3) is 6.94. The number of carbonyl (C=O) groups excluding carboxylic acids is 1. The van der Waals surface area contributed by atoms with Crippen LogP contribution in [0.15, 0.2) is 35.0 Å². The molecule has 1 N–H and O–H groups in total. The second-order valence-electron chi connectivity index (χ2n) is 8.39. The molecule has 5 heteroatoms. The molecule has 0 saturated heterocycles. The summed E-state index contributed by atoms with van der Waals surface area (Å²) in [4.78, 5) is 19.4. The van der Waals surface area contributed by atoms with Gasteiger partial charge in [0, 0.05) is 23.7 Å². The predicted octanol–water partition coefficient (Wildman–Crippen LogP) is 5.41. The average molecular weight is 422 g/mol. The number of pyridine rings is 1. The topological polar surface area (TPSA) is 45.2 Å². The summed E-state index contributed by atoms with van der Waals surface area (Å²) in [5.74, 6) is -0.108. The van der Waals surface area contributed by atoms with Crippen LogP contribution in [0.1, 0.15) is 70.9 Å². The summed E-state index contributed by atoms with van der Waals surface area (Å²) in [6.45, 7) is 14.5. The number of allylic oxidation sites excluding steroid dienone is 3. The van der Waals surface area contributed by atoms with Gasteiger partial charge in [0.25, 0.3) is 5.91 Å². The smallest absolute Gasteiger partial charge is 0.251 e. The maximum Gasteiger partial charge on any atom is 0.251 e. The third-order valence-electron chi connectivity index (χ3n) is 3.80. The highest BCUT2D eigenvalue weighted by Gasteiger charge is 2.23. The molecule has 1 aromatic heterocycles. The Bertz CT molecular complexity index is 694. The van der Waals surface area contributed by atoms with Crippen LogP contribution in [0, 0.1) is 0 Å². The van der Waals surface area contributed by atoms with E-state index in [1.54, 1.807) is 6.07 Å². The van der Waals surface area contributed by atoms with E-state index in [0.29, 0.717) is 10.2 Å². The minimum Gasteiger partial charge on any atom is -0.368 e. The standard InChI is InChI=1S/C21H32BrN3O/c1-9-10-11-12-17(25(8)21(5,6)7)16-13-15(14-18(22)23-16)19(26)24-20(2,3)4/h10-14H,9H2,1-8H3,(H,24,26)/b11-10+,17-12-. The van der Waals surface area contributed by atoms with Gasteiger partial charge in [-0.15, -0.1) is 0 Å². The highest BCUT2D eigenvalue weighted by Crippen LogP contribution is 2.26. The zero-order chi connectivity index (χ0) is 20.1. The first-order valence-corrected chi connectivity index (χ1v) is 9.75. The lowest BCUT2D eigenvalue weighted by Gasteiger charge is -2.35. The van der Waals surface area contributed by atoms with Gasteiger partial charge in [0.2, 0.25) is 0 Å². The van der Waals surface area contributed by atoms with E-state index >= 15 is 0 Å². The Morgan fingerprint density at radius 1 is 1.23 bits per heavy atom. The van der Waals surface area contributed by atoms with Crippen molar-refractivity contribution in [1.82, 2.24) is 15.2 Å². The third-order valence-corrected chi connectivity index (χ3v) is 4.21. The Morgan fingerprint density at radius 2 is 1.85 bits per heavy atom. The number of amides is 1. The Kier molecular flexibility index (Phi) is 7.63. The summed E-state index contributed by atoms with van der Waals surface area (Å²) in [5.41, 5.74) is 1.94. The molecule has 0 spiro atoms. The lowest BCUT2D eigenvalue weighted by molar-refractivity contribution is 0.0919. The van der Waals surface area contributed by atoms with E-state index in [9.17, 15) is 4.79 Å². The fourth-order valence-corrected chi connectivity index (χ4v) is 2.64. The molecule has 0 aliphatic rings. The van der Waals surface area contributed by atoms with Gasteiger partial charge >= 0.3 is 0 Å². The van der Waals surface area contributed by atoms with Gasteiger partial charge in [-0.05, 0) is 82.1 Å². The fourth-order valence-electron chi connectivity index (χ4n) is 2.20. The van der Waals surface area contributed by atoms with Crippen molar-refractivity contribution in [2.75, 3.05) is 7.05 Å². The summed E-state index contributed by atoms with van der Waals surface area (Å²) < 4.78 is 0.640. The Balaban J connectivity index is 3.41. The normalized spacial score (nSPS) is 13.2. The molecule has 0 bridgehead atoms. The number of halogens is 1. The van der Waals surface area contributed by atoms with E-state index in [1.807, 2.05) is 40.0 Å². The molecular weight excluding hydrogens is 390 g/mol. The highest BCUT2D eigenvalue weighted by atomic mass is 79.9. The molecule has 0 radical (unpaired) electrons.